The van der Waals surface area contributed by atoms with E-state index in [1.54, 1.807) is 23.1 Å². The average molecular weight is 668 g/mol. The van der Waals surface area contributed by atoms with Gasteiger partial charge in [-0.3, -0.25) is 33.3 Å². The van der Waals surface area contributed by atoms with E-state index < -0.39 is 57.8 Å². The Bertz CT molecular complexity index is 1160. The van der Waals surface area contributed by atoms with Crippen LogP contribution in [0.4, 0.5) is 0 Å². The van der Waals surface area contributed by atoms with Crippen LogP contribution in [0.3, 0.4) is 0 Å². The van der Waals surface area contributed by atoms with Gasteiger partial charge in [0.05, 0.1) is 11.0 Å². The fourth-order valence-corrected chi connectivity index (χ4v) is 7.72. The number of hydrogen-bond donors (Lipinski definition) is 8. The molecule has 0 saturated carbocycles. The van der Waals surface area contributed by atoms with Gasteiger partial charge in [-0.1, -0.05) is 18.2 Å². The van der Waals surface area contributed by atoms with Gasteiger partial charge in [0.1, 0.15) is 18.9 Å². The fourth-order valence-electron chi connectivity index (χ4n) is 4.22. The zero-order valence-electron chi connectivity index (χ0n) is 22.4. The van der Waals surface area contributed by atoms with Gasteiger partial charge in [-0.05, 0) is 12.1 Å². The lowest BCUT2D eigenvalue weighted by atomic mass is 10.3. The first-order valence-corrected chi connectivity index (χ1v) is 19.4. The molecule has 17 nitrogen and oxygen atoms in total. The molecule has 1 aromatic rings. The van der Waals surface area contributed by atoms with Crippen LogP contribution < -0.4 is 4.72 Å². The van der Waals surface area contributed by atoms with Crippen molar-refractivity contribution in [3.8, 4) is 0 Å². The second-order valence-corrected chi connectivity index (χ2v) is 16.5. The predicted molar refractivity (Wildman–Crippen MR) is 150 cm³/mol. The van der Waals surface area contributed by atoms with Gasteiger partial charge in [-0.25, -0.2) is 13.1 Å². The number of sulfonamides is 1. The van der Waals surface area contributed by atoms with Crippen LogP contribution in [0.15, 0.2) is 35.2 Å². The summed E-state index contributed by atoms with van der Waals surface area (Å²) in [4.78, 5) is 63.0. The minimum Gasteiger partial charge on any atom is -0.390 e. The summed E-state index contributed by atoms with van der Waals surface area (Å²) in [7, 11) is -17.4. The first-order valence-electron chi connectivity index (χ1n) is 12.6. The topological polar surface area (TPSA) is 252 Å². The van der Waals surface area contributed by atoms with Gasteiger partial charge in [-0.2, -0.15) is 0 Å². The first-order chi connectivity index (χ1) is 18.8. The molecule has 0 aromatic heterocycles. The summed E-state index contributed by atoms with van der Waals surface area (Å²) >= 11 is 0. The van der Waals surface area contributed by atoms with Gasteiger partial charge in [0.25, 0.3) is 0 Å². The average Bonchev–Trinajstić information content (AvgIpc) is 2.82. The predicted octanol–water partition coefficient (Wildman–Crippen LogP) is -2.05. The molecule has 2 rings (SSSR count). The number of benzene rings is 1. The molecule has 1 fully saturated rings. The summed E-state index contributed by atoms with van der Waals surface area (Å²) in [6, 6.07) is 7.57. The van der Waals surface area contributed by atoms with E-state index in [0.717, 1.165) is 0 Å². The minimum atomic E-state index is -4.50. The first kappa shape index (κ1) is 36.6. The highest BCUT2D eigenvalue weighted by Crippen LogP contribution is 2.37. The Kier molecular flexibility index (Phi) is 14.2. The molecule has 0 spiro atoms. The zero-order valence-corrected chi connectivity index (χ0v) is 25.9. The lowest BCUT2D eigenvalue weighted by Gasteiger charge is -2.34. The third-order valence-corrected chi connectivity index (χ3v) is 9.86. The Labute approximate surface area is 239 Å². The number of hydrogen-bond acceptors (Lipinski definition) is 10. The standard InChI is InChI=1S/C20H40N5O12P3S/c26-19(14-21-41(36,37)20-4-2-1-3-5-20)15-22-6-8-23(16-38(27,28)29)10-12-25(18-40(33,34)35)13-11-24(9-7-22)17-39(30,31)32/h1-5,19,21,26H,6-18H2,(H2,27,28,29)(H2,30,31,32)(H2,33,34,35). The molecule has 1 aliphatic rings. The molecule has 1 heterocycles. The smallest absolute Gasteiger partial charge is 0.339 e. The third kappa shape index (κ3) is 16.1. The largest absolute Gasteiger partial charge is 0.390 e. The molecule has 8 N–H and O–H groups in total. The SMILES string of the molecule is O=P(O)(O)CN1CCN(CC(O)CNS(=O)(=O)c2ccccc2)CCN(CP(=O)(O)O)CCN(CP(=O)(O)O)CC1. The quantitative estimate of drug-likeness (QED) is 0.112. The van der Waals surface area contributed by atoms with Crippen LogP contribution in [-0.4, -0.2) is 153 Å². The Morgan fingerprint density at radius 2 is 1.00 bits per heavy atom. The molecule has 0 aliphatic carbocycles. The molecule has 0 amide bonds. The van der Waals surface area contributed by atoms with E-state index in [2.05, 4.69) is 4.72 Å². The summed E-state index contributed by atoms with van der Waals surface area (Å²) < 4.78 is 62.4. The Hall–Kier alpha value is -0.620. The Morgan fingerprint density at radius 1 is 0.659 bits per heavy atom. The number of aliphatic hydroxyl groups excluding tert-OH is 1. The molecule has 0 radical (unpaired) electrons. The van der Waals surface area contributed by atoms with Crippen LogP contribution >= 0.6 is 22.8 Å². The van der Waals surface area contributed by atoms with Crippen LogP contribution in [0.25, 0.3) is 0 Å². The maximum absolute atomic E-state index is 12.5. The lowest BCUT2D eigenvalue weighted by molar-refractivity contribution is 0.0930. The summed E-state index contributed by atoms with van der Waals surface area (Å²) in [5, 5.41) is 10.6. The fraction of sp³-hybridized carbons (Fsp3) is 0.700. The molecule has 1 unspecified atom stereocenters. The molecule has 1 aliphatic heterocycles. The minimum absolute atomic E-state index is 0.0126. The van der Waals surface area contributed by atoms with Crippen LogP contribution in [0.2, 0.25) is 0 Å². The normalized spacial score (nSPS) is 19.9. The van der Waals surface area contributed by atoms with E-state index in [9.17, 15) is 56.6 Å². The van der Waals surface area contributed by atoms with Gasteiger partial charge in [-0.15, -0.1) is 0 Å². The van der Waals surface area contributed by atoms with Gasteiger partial charge in [0.2, 0.25) is 10.0 Å². The monoisotopic (exact) mass is 667 g/mol. The molecule has 0 bridgehead atoms. The number of aliphatic hydroxyl groups is 1. The van der Waals surface area contributed by atoms with Crippen LogP contribution in [-0.2, 0) is 23.7 Å². The highest BCUT2D eigenvalue weighted by atomic mass is 32.2. The van der Waals surface area contributed by atoms with Gasteiger partial charge >= 0.3 is 22.8 Å². The number of β-amino-alcohol motifs (C(OH)–C–C–N with tert-alkyl or cyclic N) is 1. The van der Waals surface area contributed by atoms with Gasteiger partial charge in [0, 0.05) is 65.4 Å². The van der Waals surface area contributed by atoms with Crippen molar-refractivity contribution in [1.29, 1.82) is 0 Å². The van der Waals surface area contributed by atoms with E-state index in [1.807, 2.05) is 0 Å². The zero-order chi connectivity index (χ0) is 30.9. The van der Waals surface area contributed by atoms with Crippen molar-refractivity contribution in [1.82, 2.24) is 24.3 Å². The van der Waals surface area contributed by atoms with Crippen molar-refractivity contribution in [3.63, 3.8) is 0 Å². The van der Waals surface area contributed by atoms with Gasteiger partial charge in [0.15, 0.2) is 0 Å². The van der Waals surface area contributed by atoms with Crippen molar-refractivity contribution in [2.75, 3.05) is 84.3 Å². The lowest BCUT2D eigenvalue weighted by Crippen LogP contribution is -2.48. The molecule has 1 atom stereocenters. The summed E-state index contributed by atoms with van der Waals surface area (Å²) in [5.74, 6) is 0. The maximum atomic E-state index is 12.5. The number of nitrogens with zero attached hydrogens (tertiary/aromatic N) is 4. The van der Waals surface area contributed by atoms with E-state index in [4.69, 9.17) is 0 Å². The molecule has 1 aromatic carbocycles. The van der Waals surface area contributed by atoms with Crippen LogP contribution in [0.5, 0.6) is 0 Å². The summed E-state index contributed by atoms with van der Waals surface area (Å²) in [6.45, 7) is 0.130. The number of rotatable bonds is 12. The summed E-state index contributed by atoms with van der Waals surface area (Å²) in [5.41, 5.74) is 0. The maximum Gasteiger partial charge on any atom is 0.339 e. The van der Waals surface area contributed by atoms with Crippen molar-refractivity contribution in [3.05, 3.63) is 30.3 Å². The molecule has 21 heteroatoms. The van der Waals surface area contributed by atoms with Gasteiger partial charge < -0.3 is 34.5 Å². The molecule has 41 heavy (non-hydrogen) atoms. The van der Waals surface area contributed by atoms with Crippen molar-refractivity contribution in [2.24, 2.45) is 0 Å². The summed E-state index contributed by atoms with van der Waals surface area (Å²) in [6.07, 6.45) is -3.06. The van der Waals surface area contributed by atoms with Crippen molar-refractivity contribution < 1.29 is 56.6 Å². The van der Waals surface area contributed by atoms with Crippen LogP contribution in [0, 0.1) is 0 Å². The van der Waals surface area contributed by atoms with E-state index >= 15 is 0 Å². The molecular formula is C20H40N5O12P3S. The van der Waals surface area contributed by atoms with Crippen molar-refractivity contribution >= 4 is 32.8 Å². The van der Waals surface area contributed by atoms with E-state index in [1.165, 1.54) is 26.8 Å². The Morgan fingerprint density at radius 3 is 1.34 bits per heavy atom. The van der Waals surface area contributed by atoms with E-state index in [0.29, 0.717) is 0 Å². The molecular weight excluding hydrogens is 627 g/mol. The number of nitrogens with one attached hydrogen (secondary N) is 1. The highest BCUT2D eigenvalue weighted by Gasteiger charge is 2.27. The van der Waals surface area contributed by atoms with Crippen LogP contribution in [0.1, 0.15) is 0 Å². The van der Waals surface area contributed by atoms with E-state index in [-0.39, 0.29) is 70.3 Å². The second-order valence-electron chi connectivity index (χ2n) is 9.89. The Balaban J connectivity index is 2.18. The highest BCUT2D eigenvalue weighted by molar-refractivity contribution is 7.89. The third-order valence-electron chi connectivity index (χ3n) is 6.11. The van der Waals surface area contributed by atoms with Crippen molar-refractivity contribution in [2.45, 2.75) is 11.0 Å². The molecule has 238 valence electrons. The molecule has 1 saturated heterocycles. The second kappa shape index (κ2) is 15.9.